The molecule has 0 atom stereocenters. The number of rotatable bonds is 9. The first-order valence-corrected chi connectivity index (χ1v) is 14.5. The Morgan fingerprint density at radius 2 is 1.40 bits per heavy atom. The summed E-state index contributed by atoms with van der Waals surface area (Å²) in [5, 5.41) is 0. The van der Waals surface area contributed by atoms with Gasteiger partial charge < -0.3 is 19.1 Å². The number of esters is 1. The lowest BCUT2D eigenvalue weighted by atomic mass is 9.95. The van der Waals surface area contributed by atoms with Crippen molar-refractivity contribution in [1.29, 1.82) is 0 Å². The number of halogens is 2. The third kappa shape index (κ3) is 7.89. The molecule has 0 saturated carbocycles. The molecular weight excluding hydrogens is 550 g/mol. The molecule has 4 aromatic rings. The second-order valence-electron chi connectivity index (χ2n) is 11.6. The summed E-state index contributed by atoms with van der Waals surface area (Å²) in [5.41, 5.74) is 1.68. The van der Waals surface area contributed by atoms with Crippen molar-refractivity contribution < 1.29 is 27.8 Å². The van der Waals surface area contributed by atoms with Gasteiger partial charge in [0.25, 0.3) is 0 Å². The number of carbonyl (C=O) groups is 1. The monoisotopic (exact) mass is 586 g/mol. The fourth-order valence-corrected chi connectivity index (χ4v) is 5.02. The van der Waals surface area contributed by atoms with Crippen LogP contribution in [0, 0.1) is 17.6 Å². The molecule has 2 heterocycles. The summed E-state index contributed by atoms with van der Waals surface area (Å²) < 4.78 is 48.8. The van der Waals surface area contributed by atoms with E-state index in [4.69, 9.17) is 14.2 Å². The highest BCUT2D eigenvalue weighted by atomic mass is 19.1. The number of hydrogen-bond donors (Lipinski definition) is 0. The van der Waals surface area contributed by atoms with Crippen molar-refractivity contribution in [3.63, 3.8) is 0 Å². The van der Waals surface area contributed by atoms with Gasteiger partial charge in [0.2, 0.25) is 11.8 Å². The van der Waals surface area contributed by atoms with E-state index in [-0.39, 0.29) is 48.0 Å². The molecule has 1 fully saturated rings. The molecule has 0 radical (unpaired) electrons. The first-order valence-electron chi connectivity index (χ1n) is 14.5. The summed E-state index contributed by atoms with van der Waals surface area (Å²) in [6.45, 7) is 6.94. The molecule has 1 aromatic heterocycles. The van der Waals surface area contributed by atoms with Gasteiger partial charge in [-0.25, -0.2) is 8.78 Å². The molecule has 1 saturated heterocycles. The van der Waals surface area contributed by atoms with Crippen LogP contribution in [0.5, 0.6) is 11.8 Å². The van der Waals surface area contributed by atoms with Crippen molar-refractivity contribution in [2.45, 2.75) is 52.4 Å². The van der Waals surface area contributed by atoms with Crippen LogP contribution < -0.4 is 14.4 Å². The Labute approximate surface area is 251 Å². The van der Waals surface area contributed by atoms with Crippen molar-refractivity contribution in [3.8, 4) is 22.9 Å². The molecule has 0 N–H and O–H groups in total. The Morgan fingerprint density at radius 3 is 1.95 bits per heavy atom. The number of benzene rings is 3. The third-order valence-electron chi connectivity index (χ3n) is 7.18. The second-order valence-corrected chi connectivity index (χ2v) is 11.6. The van der Waals surface area contributed by atoms with Crippen LogP contribution >= 0.6 is 0 Å². The highest BCUT2D eigenvalue weighted by molar-refractivity contribution is 5.74. The smallest absolute Gasteiger partial charge is 0.309 e. The molecule has 0 aliphatic carbocycles. The van der Waals surface area contributed by atoms with E-state index in [1.165, 1.54) is 12.1 Å². The van der Waals surface area contributed by atoms with Gasteiger partial charge in [-0.05, 0) is 62.9 Å². The number of aromatic nitrogens is 1. The lowest BCUT2D eigenvalue weighted by Crippen LogP contribution is -2.39. The average Bonchev–Trinajstić information content (AvgIpc) is 2.99. The van der Waals surface area contributed by atoms with E-state index in [1.54, 1.807) is 12.1 Å². The van der Waals surface area contributed by atoms with Gasteiger partial charge >= 0.3 is 5.97 Å². The topological polar surface area (TPSA) is 60.9 Å². The van der Waals surface area contributed by atoms with E-state index in [2.05, 4.69) is 4.98 Å². The SMILES string of the molecule is CC(C)(C)OC(=O)C1CCN(c2cc(F)c(-c3ccc(OCc4ccccc4)nc3OCc3ccccc3)c(F)c2)CC1. The maximum absolute atomic E-state index is 15.7. The Kier molecular flexibility index (Phi) is 9.24. The molecule has 8 heteroatoms. The van der Waals surface area contributed by atoms with Crippen LogP contribution in [0.2, 0.25) is 0 Å². The Hall–Kier alpha value is -4.46. The molecule has 0 bridgehead atoms. The summed E-state index contributed by atoms with van der Waals surface area (Å²) in [5.74, 6) is -1.57. The van der Waals surface area contributed by atoms with Crippen LogP contribution in [0.25, 0.3) is 11.1 Å². The van der Waals surface area contributed by atoms with E-state index < -0.39 is 17.2 Å². The fourth-order valence-electron chi connectivity index (χ4n) is 5.02. The van der Waals surface area contributed by atoms with Gasteiger partial charge in [0.1, 0.15) is 30.4 Å². The zero-order valence-electron chi connectivity index (χ0n) is 24.7. The molecule has 0 unspecified atom stereocenters. The van der Waals surface area contributed by atoms with Crippen LogP contribution in [0.4, 0.5) is 14.5 Å². The molecule has 0 spiro atoms. The predicted octanol–water partition coefficient (Wildman–Crippen LogP) is 7.74. The Balaban J connectivity index is 1.36. The summed E-state index contributed by atoms with van der Waals surface area (Å²) in [7, 11) is 0. The van der Waals surface area contributed by atoms with Crippen LogP contribution in [0.15, 0.2) is 84.9 Å². The number of anilines is 1. The molecule has 6 nitrogen and oxygen atoms in total. The van der Waals surface area contributed by atoms with Gasteiger partial charge in [0.15, 0.2) is 0 Å². The molecular formula is C35H36F2N2O4. The van der Waals surface area contributed by atoms with Crippen LogP contribution in [-0.2, 0) is 22.7 Å². The number of pyridine rings is 1. The van der Waals surface area contributed by atoms with Crippen molar-refractivity contribution in [2.75, 3.05) is 18.0 Å². The van der Waals surface area contributed by atoms with Crippen molar-refractivity contribution in [2.24, 2.45) is 5.92 Å². The van der Waals surface area contributed by atoms with Gasteiger partial charge in [-0.1, -0.05) is 60.7 Å². The lowest BCUT2D eigenvalue weighted by molar-refractivity contribution is -0.160. The summed E-state index contributed by atoms with van der Waals surface area (Å²) in [6.07, 6.45) is 1.09. The molecule has 0 amide bonds. The zero-order valence-corrected chi connectivity index (χ0v) is 24.7. The molecule has 5 rings (SSSR count). The average molecular weight is 587 g/mol. The highest BCUT2D eigenvalue weighted by Gasteiger charge is 2.30. The Morgan fingerprint density at radius 1 is 0.837 bits per heavy atom. The lowest BCUT2D eigenvalue weighted by Gasteiger charge is -2.34. The molecule has 3 aromatic carbocycles. The second kappa shape index (κ2) is 13.2. The maximum atomic E-state index is 15.7. The molecule has 224 valence electrons. The number of piperidine rings is 1. The number of nitrogens with zero attached hydrogens (tertiary/aromatic N) is 2. The van der Waals surface area contributed by atoms with Crippen molar-refractivity contribution >= 4 is 11.7 Å². The number of hydrogen-bond acceptors (Lipinski definition) is 6. The van der Waals surface area contributed by atoms with Crippen LogP contribution in [-0.4, -0.2) is 29.6 Å². The molecule has 1 aliphatic heterocycles. The third-order valence-corrected chi connectivity index (χ3v) is 7.18. The van der Waals surface area contributed by atoms with Gasteiger partial charge in [0, 0.05) is 24.8 Å². The van der Waals surface area contributed by atoms with E-state index in [0.717, 1.165) is 11.1 Å². The van der Waals surface area contributed by atoms with Gasteiger partial charge in [-0.2, -0.15) is 4.98 Å². The standard InChI is InChI=1S/C35H36F2N2O4/c1-35(2,3)43-34(40)26-16-18-39(19-17-26)27-20-29(36)32(30(37)21-27)28-14-15-31(41-22-24-10-6-4-7-11-24)38-33(28)42-23-25-12-8-5-9-13-25/h4-15,20-21,26H,16-19,22-23H2,1-3H3. The first-order chi connectivity index (χ1) is 20.7. The number of ether oxygens (including phenoxy) is 3. The van der Waals surface area contributed by atoms with E-state index in [0.29, 0.717) is 31.6 Å². The van der Waals surface area contributed by atoms with E-state index >= 15 is 8.78 Å². The number of carbonyl (C=O) groups excluding carboxylic acids is 1. The largest absolute Gasteiger partial charge is 0.473 e. The highest BCUT2D eigenvalue weighted by Crippen LogP contribution is 2.37. The van der Waals surface area contributed by atoms with Gasteiger partial charge in [0.05, 0.1) is 17.0 Å². The molecule has 1 aliphatic rings. The maximum Gasteiger partial charge on any atom is 0.309 e. The van der Waals surface area contributed by atoms with Crippen LogP contribution in [0.1, 0.15) is 44.7 Å². The van der Waals surface area contributed by atoms with E-state index in [9.17, 15) is 4.79 Å². The Bertz CT molecular complexity index is 1510. The first kappa shape index (κ1) is 30.0. The van der Waals surface area contributed by atoms with Crippen LogP contribution in [0.3, 0.4) is 0 Å². The van der Waals surface area contributed by atoms with Gasteiger partial charge in [-0.3, -0.25) is 4.79 Å². The fraction of sp³-hybridized carbons (Fsp3) is 0.314. The summed E-state index contributed by atoms with van der Waals surface area (Å²) in [4.78, 5) is 18.9. The minimum absolute atomic E-state index is 0.0677. The zero-order chi connectivity index (χ0) is 30.4. The predicted molar refractivity (Wildman–Crippen MR) is 162 cm³/mol. The van der Waals surface area contributed by atoms with Crippen molar-refractivity contribution in [3.05, 3.63) is 108 Å². The van der Waals surface area contributed by atoms with E-state index in [1.807, 2.05) is 86.3 Å². The van der Waals surface area contributed by atoms with Crippen molar-refractivity contribution in [1.82, 2.24) is 4.98 Å². The molecule has 43 heavy (non-hydrogen) atoms. The summed E-state index contributed by atoms with van der Waals surface area (Å²) in [6, 6.07) is 24.9. The summed E-state index contributed by atoms with van der Waals surface area (Å²) >= 11 is 0. The minimum Gasteiger partial charge on any atom is -0.473 e. The minimum atomic E-state index is -0.728. The quantitative estimate of drug-likeness (QED) is 0.187. The van der Waals surface area contributed by atoms with Gasteiger partial charge in [-0.15, -0.1) is 0 Å². The normalized spacial score (nSPS) is 13.9.